The monoisotopic (exact) mass is 331 g/mol. The van der Waals surface area contributed by atoms with Gasteiger partial charge in [0.1, 0.15) is 16.5 Å². The fourth-order valence-electron chi connectivity index (χ4n) is 4.17. The lowest BCUT2D eigenvalue weighted by Gasteiger charge is -2.30. The van der Waals surface area contributed by atoms with E-state index in [1.807, 2.05) is 18.3 Å². The number of nitrogens with zero attached hydrogens (tertiary/aromatic N) is 2. The lowest BCUT2D eigenvalue weighted by atomic mass is 10.0. The van der Waals surface area contributed by atoms with Gasteiger partial charge in [-0.25, -0.2) is 9.97 Å². The zero-order valence-electron chi connectivity index (χ0n) is 14.2. The van der Waals surface area contributed by atoms with Gasteiger partial charge in [0.2, 0.25) is 0 Å². The Morgan fingerprint density at radius 2 is 2.04 bits per heavy atom. The topological polar surface area (TPSA) is 42.2 Å². The number of aromatic nitrogens is 2. The molecule has 4 rings (SSSR count). The molecule has 1 aliphatic heterocycles. The smallest absolute Gasteiger partial charge is 0.139 e. The van der Waals surface area contributed by atoms with Crippen molar-refractivity contribution in [3.63, 3.8) is 0 Å². The van der Waals surface area contributed by atoms with E-state index in [4.69, 9.17) is 9.97 Å². The molecule has 23 heavy (non-hydrogen) atoms. The van der Waals surface area contributed by atoms with Crippen LogP contribution < -0.4 is 10.2 Å². The molecule has 0 aromatic carbocycles. The van der Waals surface area contributed by atoms with Crippen LogP contribution >= 0.6 is 11.3 Å². The van der Waals surface area contributed by atoms with Crippen LogP contribution in [0.4, 0.5) is 5.82 Å². The van der Waals surface area contributed by atoms with Gasteiger partial charge in [-0.15, -0.1) is 11.3 Å². The zero-order chi connectivity index (χ0) is 15.8. The molecule has 2 aliphatic rings. The van der Waals surface area contributed by atoms with Crippen molar-refractivity contribution in [3.8, 4) is 0 Å². The van der Waals surface area contributed by atoms with E-state index in [0.29, 0.717) is 6.04 Å². The number of hydrogen-bond donors (Lipinski definition) is 2. The van der Waals surface area contributed by atoms with E-state index in [-0.39, 0.29) is 0 Å². The third-order valence-corrected chi connectivity index (χ3v) is 6.50. The third-order valence-electron chi connectivity index (χ3n) is 5.31. The maximum Gasteiger partial charge on any atom is 0.139 e. The van der Waals surface area contributed by atoms with Crippen molar-refractivity contribution in [2.24, 2.45) is 0 Å². The molecule has 0 amide bonds. The number of hydrogen-bond acceptors (Lipinski definition) is 4. The minimum Gasteiger partial charge on any atom is -0.366 e. The Morgan fingerprint density at radius 1 is 1.22 bits per heavy atom. The molecule has 0 atom stereocenters. The molecule has 2 aromatic heterocycles. The van der Waals surface area contributed by atoms with Crippen molar-refractivity contribution < 1.29 is 4.90 Å². The highest BCUT2D eigenvalue weighted by molar-refractivity contribution is 7.19. The van der Waals surface area contributed by atoms with Gasteiger partial charge in [-0.05, 0) is 38.2 Å². The van der Waals surface area contributed by atoms with Crippen LogP contribution in [0.15, 0.2) is 0 Å². The number of piperidine rings is 1. The summed E-state index contributed by atoms with van der Waals surface area (Å²) < 4.78 is 0. The molecule has 0 unspecified atom stereocenters. The van der Waals surface area contributed by atoms with Crippen molar-refractivity contribution in [3.05, 3.63) is 16.3 Å². The van der Waals surface area contributed by atoms with Crippen molar-refractivity contribution in [2.45, 2.75) is 58.4 Å². The van der Waals surface area contributed by atoms with Crippen LogP contribution in [0.5, 0.6) is 0 Å². The van der Waals surface area contributed by atoms with Crippen LogP contribution in [0, 0.1) is 6.92 Å². The third kappa shape index (κ3) is 2.96. The molecule has 1 fully saturated rings. The molecule has 0 spiro atoms. The summed E-state index contributed by atoms with van der Waals surface area (Å²) in [5.41, 5.74) is 1.53. The van der Waals surface area contributed by atoms with Crippen LogP contribution in [0.25, 0.3) is 10.2 Å². The molecule has 0 radical (unpaired) electrons. The molecular formula is C18H27N4S+. The Morgan fingerprint density at radius 3 is 2.83 bits per heavy atom. The van der Waals surface area contributed by atoms with E-state index in [1.54, 1.807) is 9.78 Å². The summed E-state index contributed by atoms with van der Waals surface area (Å²) in [5.74, 6) is 2.00. The van der Waals surface area contributed by atoms with Gasteiger partial charge in [0.25, 0.3) is 0 Å². The molecule has 2 N–H and O–H groups in total. The van der Waals surface area contributed by atoms with E-state index >= 15 is 0 Å². The van der Waals surface area contributed by atoms with Gasteiger partial charge in [-0.2, -0.15) is 0 Å². The Balaban J connectivity index is 1.57. The number of quaternary nitrogens is 1. The highest BCUT2D eigenvalue weighted by atomic mass is 32.1. The van der Waals surface area contributed by atoms with Crippen molar-refractivity contribution >= 4 is 27.4 Å². The SMILES string of the molecule is CCC[NH+]1CCC(Nc2nc(C)nc3sc4c(c23)CCC4)CC1. The van der Waals surface area contributed by atoms with E-state index in [1.165, 1.54) is 73.9 Å². The molecule has 1 saturated heterocycles. The van der Waals surface area contributed by atoms with Crippen LogP contribution in [0.1, 0.15) is 48.9 Å². The number of fused-ring (bicyclic) bond motifs is 3. The summed E-state index contributed by atoms with van der Waals surface area (Å²) in [6.07, 6.45) is 7.53. The predicted octanol–water partition coefficient (Wildman–Crippen LogP) is 2.36. The summed E-state index contributed by atoms with van der Waals surface area (Å²) in [4.78, 5) is 14.0. The van der Waals surface area contributed by atoms with Gasteiger partial charge in [0.05, 0.1) is 25.0 Å². The second kappa shape index (κ2) is 6.36. The van der Waals surface area contributed by atoms with Crippen molar-refractivity contribution in [2.75, 3.05) is 25.0 Å². The van der Waals surface area contributed by atoms with Crippen molar-refractivity contribution in [1.29, 1.82) is 0 Å². The molecular weight excluding hydrogens is 304 g/mol. The summed E-state index contributed by atoms with van der Waals surface area (Å²) >= 11 is 1.89. The Hall–Kier alpha value is -1.20. The summed E-state index contributed by atoms with van der Waals surface area (Å²) in [6.45, 7) is 8.21. The molecule has 2 aromatic rings. The number of thiophene rings is 1. The van der Waals surface area contributed by atoms with Gasteiger partial charge in [-0.1, -0.05) is 6.92 Å². The van der Waals surface area contributed by atoms with Crippen LogP contribution in [0.3, 0.4) is 0 Å². The van der Waals surface area contributed by atoms with Crippen LogP contribution in [-0.2, 0) is 12.8 Å². The predicted molar refractivity (Wildman–Crippen MR) is 96.7 cm³/mol. The quantitative estimate of drug-likeness (QED) is 0.904. The fourth-order valence-corrected chi connectivity index (χ4v) is 5.48. The molecule has 5 heteroatoms. The average molecular weight is 332 g/mol. The number of anilines is 1. The van der Waals surface area contributed by atoms with Gasteiger partial charge in [0, 0.05) is 23.8 Å². The maximum atomic E-state index is 4.78. The minimum absolute atomic E-state index is 0.574. The molecule has 1 aliphatic carbocycles. The van der Waals surface area contributed by atoms with Crippen LogP contribution in [-0.4, -0.2) is 35.6 Å². The van der Waals surface area contributed by atoms with E-state index in [9.17, 15) is 0 Å². The molecule has 3 heterocycles. The first kappa shape index (κ1) is 15.3. The van der Waals surface area contributed by atoms with Gasteiger partial charge in [-0.3, -0.25) is 0 Å². The highest BCUT2D eigenvalue weighted by Crippen LogP contribution is 2.39. The molecule has 4 nitrogen and oxygen atoms in total. The maximum absolute atomic E-state index is 4.78. The summed E-state index contributed by atoms with van der Waals surface area (Å²) in [5, 5.41) is 5.12. The molecule has 0 saturated carbocycles. The first-order valence-electron chi connectivity index (χ1n) is 9.13. The standard InChI is InChI=1S/C18H26N4S/c1-3-9-22-10-7-13(8-11-22)21-17-16-14-5-4-6-15(14)23-18(16)20-12(2)19-17/h13H,3-11H2,1-2H3,(H,19,20,21)/p+1. The lowest BCUT2D eigenvalue weighted by molar-refractivity contribution is -0.905. The van der Waals surface area contributed by atoms with E-state index in [0.717, 1.165) is 11.6 Å². The molecule has 0 bridgehead atoms. The average Bonchev–Trinajstić information content (AvgIpc) is 3.09. The minimum atomic E-state index is 0.574. The van der Waals surface area contributed by atoms with Crippen molar-refractivity contribution in [1.82, 2.24) is 9.97 Å². The second-order valence-corrected chi connectivity index (χ2v) is 8.16. The fraction of sp³-hybridized carbons (Fsp3) is 0.667. The normalized spacial score (nSPS) is 24.1. The van der Waals surface area contributed by atoms with Gasteiger partial charge >= 0.3 is 0 Å². The zero-order valence-corrected chi connectivity index (χ0v) is 15.1. The summed E-state index contributed by atoms with van der Waals surface area (Å²) in [7, 11) is 0. The summed E-state index contributed by atoms with van der Waals surface area (Å²) in [6, 6.07) is 0.574. The number of aryl methyl sites for hydroxylation is 3. The van der Waals surface area contributed by atoms with E-state index in [2.05, 4.69) is 12.2 Å². The Kier molecular flexibility index (Phi) is 4.24. The second-order valence-electron chi connectivity index (χ2n) is 7.08. The number of nitrogens with one attached hydrogen (secondary N) is 2. The Labute approximate surface area is 142 Å². The number of likely N-dealkylation sites (tertiary alicyclic amines) is 1. The largest absolute Gasteiger partial charge is 0.366 e. The number of rotatable bonds is 4. The Bertz CT molecular complexity index is 701. The highest BCUT2D eigenvalue weighted by Gasteiger charge is 2.25. The van der Waals surface area contributed by atoms with Gasteiger partial charge in [0.15, 0.2) is 0 Å². The van der Waals surface area contributed by atoms with E-state index < -0.39 is 0 Å². The molecule has 124 valence electrons. The van der Waals surface area contributed by atoms with Crippen LogP contribution in [0.2, 0.25) is 0 Å². The first-order valence-corrected chi connectivity index (χ1v) is 9.95. The van der Waals surface area contributed by atoms with Gasteiger partial charge < -0.3 is 10.2 Å². The first-order chi connectivity index (χ1) is 11.2. The lowest BCUT2D eigenvalue weighted by Crippen LogP contribution is -3.13.